The normalized spacial score (nSPS) is 14.7. The number of aromatic amines is 1. The van der Waals surface area contributed by atoms with Crippen molar-refractivity contribution in [1.29, 1.82) is 0 Å². The van der Waals surface area contributed by atoms with Gasteiger partial charge in [-0.1, -0.05) is 0 Å². The Hall–Kier alpha value is -2.15. The van der Waals surface area contributed by atoms with E-state index in [1.165, 1.54) is 28.1 Å². The number of imidazole rings is 1. The summed E-state index contributed by atoms with van der Waals surface area (Å²) in [4.78, 5) is 32.0. The Morgan fingerprint density at radius 3 is 3.00 bits per heavy atom. The Bertz CT molecular complexity index is 642. The van der Waals surface area contributed by atoms with Crippen LogP contribution in [0.25, 0.3) is 0 Å². The third kappa shape index (κ3) is 2.97. The molecule has 0 aliphatic heterocycles. The van der Waals surface area contributed by atoms with E-state index in [1.54, 1.807) is 6.20 Å². The highest BCUT2D eigenvalue weighted by molar-refractivity contribution is 7.14. The van der Waals surface area contributed by atoms with Gasteiger partial charge in [0, 0.05) is 23.2 Å². The van der Waals surface area contributed by atoms with E-state index in [0.29, 0.717) is 10.6 Å². The number of aliphatic carboxylic acids is 1. The van der Waals surface area contributed by atoms with E-state index >= 15 is 0 Å². The molecule has 110 valence electrons. The first-order chi connectivity index (χ1) is 10.1. The number of carbonyl (C=O) groups excluding carboxylic acids is 1. The van der Waals surface area contributed by atoms with Crippen LogP contribution < -0.4 is 5.32 Å². The van der Waals surface area contributed by atoms with Crippen molar-refractivity contribution in [3.8, 4) is 0 Å². The Kier molecular flexibility index (Phi) is 3.74. The van der Waals surface area contributed by atoms with Crippen molar-refractivity contribution in [3.05, 3.63) is 39.6 Å². The molecule has 7 heteroatoms. The fraction of sp³-hybridized carbons (Fsp3) is 0.357. The van der Waals surface area contributed by atoms with Gasteiger partial charge < -0.3 is 15.4 Å². The first kappa shape index (κ1) is 13.8. The fourth-order valence-corrected chi connectivity index (χ4v) is 3.64. The maximum atomic E-state index is 12.2. The SMILES string of the molecule is O=C(NC(Cc1cnc[nH]1)C(=O)O)c1cc2c(s1)CCC2. The second-order valence-corrected chi connectivity index (χ2v) is 6.19. The van der Waals surface area contributed by atoms with Gasteiger partial charge >= 0.3 is 5.97 Å². The third-order valence-electron chi connectivity index (χ3n) is 3.55. The number of fused-ring (bicyclic) bond motifs is 1. The summed E-state index contributed by atoms with van der Waals surface area (Å²) < 4.78 is 0. The van der Waals surface area contributed by atoms with Gasteiger partial charge in [0.15, 0.2) is 0 Å². The van der Waals surface area contributed by atoms with Crippen molar-refractivity contribution >= 4 is 23.2 Å². The number of rotatable bonds is 5. The van der Waals surface area contributed by atoms with Gasteiger partial charge in [0.05, 0.1) is 11.2 Å². The molecule has 0 fully saturated rings. The summed E-state index contributed by atoms with van der Waals surface area (Å²) >= 11 is 1.47. The zero-order valence-electron chi connectivity index (χ0n) is 11.3. The molecule has 2 heterocycles. The molecular weight excluding hydrogens is 290 g/mol. The highest BCUT2D eigenvalue weighted by Crippen LogP contribution is 2.30. The number of nitrogens with zero attached hydrogens (tertiary/aromatic N) is 1. The average molecular weight is 305 g/mol. The maximum Gasteiger partial charge on any atom is 0.326 e. The number of aromatic nitrogens is 2. The van der Waals surface area contributed by atoms with Crippen LogP contribution in [0, 0.1) is 0 Å². The third-order valence-corrected chi connectivity index (χ3v) is 4.79. The van der Waals surface area contributed by atoms with Gasteiger partial charge in [0.2, 0.25) is 0 Å². The number of nitrogens with one attached hydrogen (secondary N) is 2. The Balaban J connectivity index is 1.69. The standard InChI is InChI=1S/C14H15N3O3S/c18-13(12-4-8-2-1-3-11(8)21-12)17-10(14(19)20)5-9-6-15-7-16-9/h4,6-7,10H,1-3,5H2,(H,15,16)(H,17,18)(H,19,20). The summed E-state index contributed by atoms with van der Waals surface area (Å²) in [6.45, 7) is 0. The lowest BCUT2D eigenvalue weighted by atomic mass is 10.1. The van der Waals surface area contributed by atoms with Crippen molar-refractivity contribution in [1.82, 2.24) is 15.3 Å². The van der Waals surface area contributed by atoms with Crippen molar-refractivity contribution in [2.24, 2.45) is 0 Å². The number of hydrogen-bond acceptors (Lipinski definition) is 4. The monoisotopic (exact) mass is 305 g/mol. The van der Waals surface area contributed by atoms with E-state index in [-0.39, 0.29) is 12.3 Å². The summed E-state index contributed by atoms with van der Waals surface area (Å²) in [5.41, 5.74) is 1.90. The summed E-state index contributed by atoms with van der Waals surface area (Å²) in [6, 6.07) is 0.923. The van der Waals surface area contributed by atoms with Crippen LogP contribution in [0.15, 0.2) is 18.6 Å². The van der Waals surface area contributed by atoms with Crippen LogP contribution >= 0.6 is 11.3 Å². The minimum Gasteiger partial charge on any atom is -0.480 e. The molecule has 2 aromatic rings. The number of aryl methyl sites for hydroxylation is 2. The van der Waals surface area contributed by atoms with E-state index in [4.69, 9.17) is 0 Å². The van der Waals surface area contributed by atoms with Crippen LogP contribution in [0.4, 0.5) is 0 Å². The van der Waals surface area contributed by atoms with Crippen LogP contribution in [0.3, 0.4) is 0 Å². The minimum absolute atomic E-state index is 0.187. The van der Waals surface area contributed by atoms with Crippen LogP contribution in [0.5, 0.6) is 0 Å². The first-order valence-electron chi connectivity index (χ1n) is 6.76. The van der Waals surface area contributed by atoms with Crippen LogP contribution in [-0.4, -0.2) is 33.0 Å². The molecule has 1 unspecified atom stereocenters. The largest absolute Gasteiger partial charge is 0.480 e. The second-order valence-electron chi connectivity index (χ2n) is 5.06. The molecule has 0 saturated carbocycles. The lowest BCUT2D eigenvalue weighted by molar-refractivity contribution is -0.139. The van der Waals surface area contributed by atoms with E-state index in [1.807, 2.05) is 6.07 Å². The minimum atomic E-state index is -1.05. The van der Waals surface area contributed by atoms with Gasteiger partial charge in [0.25, 0.3) is 5.91 Å². The molecule has 0 spiro atoms. The molecule has 0 bridgehead atoms. The van der Waals surface area contributed by atoms with Crippen LogP contribution in [0.1, 0.15) is 32.2 Å². The predicted octanol–water partition coefficient (Wildman–Crippen LogP) is 1.39. The van der Waals surface area contributed by atoms with Crippen molar-refractivity contribution in [2.45, 2.75) is 31.7 Å². The van der Waals surface area contributed by atoms with Crippen LogP contribution in [-0.2, 0) is 24.1 Å². The number of carbonyl (C=O) groups is 2. The first-order valence-corrected chi connectivity index (χ1v) is 7.57. The maximum absolute atomic E-state index is 12.2. The highest BCUT2D eigenvalue weighted by Gasteiger charge is 2.24. The topological polar surface area (TPSA) is 95.1 Å². The van der Waals surface area contributed by atoms with Crippen molar-refractivity contribution in [2.75, 3.05) is 0 Å². The number of thiophene rings is 1. The van der Waals surface area contributed by atoms with Gasteiger partial charge in [-0.3, -0.25) is 4.79 Å². The predicted molar refractivity (Wildman–Crippen MR) is 77.5 cm³/mol. The average Bonchev–Trinajstić information content (AvgIpc) is 3.13. The zero-order valence-corrected chi connectivity index (χ0v) is 12.1. The molecule has 0 radical (unpaired) electrons. The Labute approximate surface area is 125 Å². The molecule has 6 nitrogen and oxygen atoms in total. The fourth-order valence-electron chi connectivity index (χ4n) is 2.49. The second kappa shape index (κ2) is 5.69. The number of amides is 1. The molecule has 1 aliphatic rings. The molecule has 21 heavy (non-hydrogen) atoms. The summed E-state index contributed by atoms with van der Waals surface area (Å²) in [5.74, 6) is -1.37. The molecule has 1 aliphatic carbocycles. The number of carboxylic acids is 1. The molecule has 3 N–H and O–H groups in total. The lowest BCUT2D eigenvalue weighted by Crippen LogP contribution is -2.42. The molecule has 1 amide bonds. The van der Waals surface area contributed by atoms with Gasteiger partial charge in [-0.15, -0.1) is 11.3 Å². The molecule has 3 rings (SSSR count). The van der Waals surface area contributed by atoms with Crippen LogP contribution in [0.2, 0.25) is 0 Å². The Morgan fingerprint density at radius 2 is 2.33 bits per heavy atom. The van der Waals surface area contributed by atoms with Gasteiger partial charge in [-0.05, 0) is 30.9 Å². The molecule has 2 aromatic heterocycles. The summed E-state index contributed by atoms with van der Waals surface area (Å²) in [6.07, 6.45) is 6.40. The summed E-state index contributed by atoms with van der Waals surface area (Å²) in [7, 11) is 0. The van der Waals surface area contributed by atoms with E-state index < -0.39 is 12.0 Å². The number of H-pyrrole nitrogens is 1. The smallest absolute Gasteiger partial charge is 0.326 e. The number of carboxylic acid groups (broad SMARTS) is 1. The van der Waals surface area contributed by atoms with Gasteiger partial charge in [-0.25, -0.2) is 9.78 Å². The van der Waals surface area contributed by atoms with Gasteiger partial charge in [-0.2, -0.15) is 0 Å². The highest BCUT2D eigenvalue weighted by atomic mass is 32.1. The quantitative estimate of drug-likeness (QED) is 0.778. The molecule has 0 aromatic carbocycles. The molecular formula is C14H15N3O3S. The summed E-state index contributed by atoms with van der Waals surface area (Å²) in [5, 5.41) is 11.8. The molecule has 0 saturated heterocycles. The molecule has 1 atom stereocenters. The van der Waals surface area contributed by atoms with E-state index in [9.17, 15) is 14.7 Å². The number of hydrogen-bond donors (Lipinski definition) is 3. The lowest BCUT2D eigenvalue weighted by Gasteiger charge is -2.12. The Morgan fingerprint density at radius 1 is 1.48 bits per heavy atom. The zero-order chi connectivity index (χ0) is 14.8. The van der Waals surface area contributed by atoms with E-state index in [2.05, 4.69) is 15.3 Å². The van der Waals surface area contributed by atoms with Crippen molar-refractivity contribution in [3.63, 3.8) is 0 Å². The van der Waals surface area contributed by atoms with Crippen molar-refractivity contribution < 1.29 is 14.7 Å². The van der Waals surface area contributed by atoms with E-state index in [0.717, 1.165) is 19.3 Å². The van der Waals surface area contributed by atoms with Gasteiger partial charge in [0.1, 0.15) is 6.04 Å².